The van der Waals surface area contributed by atoms with E-state index in [0.717, 1.165) is 24.7 Å². The molecule has 2 aromatic rings. The summed E-state index contributed by atoms with van der Waals surface area (Å²) in [5, 5.41) is 2.90. The second-order valence-electron chi connectivity index (χ2n) is 6.24. The first-order valence-corrected chi connectivity index (χ1v) is 8.13. The molecular formula is C17H19N5O2. The summed E-state index contributed by atoms with van der Waals surface area (Å²) in [7, 11) is 0. The Morgan fingerprint density at radius 1 is 1.25 bits per heavy atom. The Bertz CT molecular complexity index is 697. The molecule has 1 amide bonds. The second-order valence-corrected chi connectivity index (χ2v) is 6.24. The highest BCUT2D eigenvalue weighted by atomic mass is 16.5. The molecule has 0 saturated carbocycles. The molecule has 0 radical (unpaired) electrons. The van der Waals surface area contributed by atoms with Gasteiger partial charge in [-0.15, -0.1) is 0 Å². The van der Waals surface area contributed by atoms with E-state index in [1.807, 2.05) is 12.1 Å². The zero-order chi connectivity index (χ0) is 16.4. The summed E-state index contributed by atoms with van der Waals surface area (Å²) in [6, 6.07) is 5.45. The van der Waals surface area contributed by atoms with E-state index in [4.69, 9.17) is 4.74 Å². The lowest BCUT2D eigenvalue weighted by molar-refractivity contribution is -0.117. The zero-order valence-corrected chi connectivity index (χ0v) is 13.2. The van der Waals surface area contributed by atoms with Crippen LogP contribution in [0.2, 0.25) is 0 Å². The van der Waals surface area contributed by atoms with E-state index in [0.29, 0.717) is 18.9 Å². The first-order valence-electron chi connectivity index (χ1n) is 8.13. The number of carbonyl (C=O) groups is 1. The Morgan fingerprint density at radius 3 is 2.92 bits per heavy atom. The van der Waals surface area contributed by atoms with E-state index in [9.17, 15) is 4.79 Å². The number of nitrogens with one attached hydrogen (secondary N) is 1. The van der Waals surface area contributed by atoms with Crippen LogP contribution in [0.5, 0.6) is 0 Å². The Kier molecular flexibility index (Phi) is 4.08. The van der Waals surface area contributed by atoms with E-state index in [2.05, 4.69) is 25.2 Å². The molecule has 2 saturated heterocycles. The molecule has 2 aliphatic rings. The highest BCUT2D eigenvalue weighted by molar-refractivity contribution is 5.90. The van der Waals surface area contributed by atoms with E-state index >= 15 is 0 Å². The van der Waals surface area contributed by atoms with Crippen LogP contribution in [-0.2, 0) is 9.53 Å². The largest absolute Gasteiger partial charge is 0.376 e. The molecule has 3 atom stereocenters. The Labute approximate surface area is 140 Å². The number of hydrogen-bond acceptors (Lipinski definition) is 6. The monoisotopic (exact) mass is 325 g/mol. The molecule has 7 heteroatoms. The first kappa shape index (κ1) is 15.0. The molecule has 0 aliphatic carbocycles. The minimum absolute atomic E-state index is 0.00617. The maximum Gasteiger partial charge on any atom is 0.225 e. The lowest BCUT2D eigenvalue weighted by atomic mass is 9.90. The van der Waals surface area contributed by atoms with Gasteiger partial charge < -0.3 is 15.0 Å². The summed E-state index contributed by atoms with van der Waals surface area (Å²) in [6.45, 7) is 2.26. The average Bonchev–Trinajstić information content (AvgIpc) is 3.19. The minimum Gasteiger partial charge on any atom is -0.376 e. The molecule has 0 bridgehead atoms. The Hall–Kier alpha value is -2.54. The van der Waals surface area contributed by atoms with Crippen molar-refractivity contribution in [1.29, 1.82) is 0 Å². The van der Waals surface area contributed by atoms with Crippen LogP contribution in [-0.4, -0.2) is 46.7 Å². The van der Waals surface area contributed by atoms with Crippen molar-refractivity contribution in [3.05, 3.63) is 43.0 Å². The van der Waals surface area contributed by atoms with Gasteiger partial charge in [0.15, 0.2) is 0 Å². The van der Waals surface area contributed by atoms with Crippen molar-refractivity contribution in [1.82, 2.24) is 15.0 Å². The van der Waals surface area contributed by atoms with Crippen molar-refractivity contribution >= 4 is 17.5 Å². The maximum absolute atomic E-state index is 12.3. The molecule has 0 aromatic carbocycles. The van der Waals surface area contributed by atoms with Gasteiger partial charge in [-0.3, -0.25) is 9.78 Å². The number of anilines is 2. The van der Waals surface area contributed by atoms with Crippen LogP contribution < -0.4 is 10.2 Å². The van der Waals surface area contributed by atoms with Gasteiger partial charge in [-0.1, -0.05) is 0 Å². The molecule has 2 aliphatic heterocycles. The summed E-state index contributed by atoms with van der Waals surface area (Å²) in [4.78, 5) is 27.0. The van der Waals surface area contributed by atoms with Gasteiger partial charge in [-0.2, -0.15) is 0 Å². The first-order chi connectivity index (χ1) is 11.8. The number of nitrogens with zero attached hydrogens (tertiary/aromatic N) is 4. The third-order valence-corrected chi connectivity index (χ3v) is 4.67. The number of rotatable bonds is 4. The van der Waals surface area contributed by atoms with Crippen LogP contribution in [0.15, 0.2) is 43.0 Å². The predicted molar refractivity (Wildman–Crippen MR) is 88.4 cm³/mol. The number of hydrogen-bond donors (Lipinski definition) is 1. The highest BCUT2D eigenvalue weighted by Crippen LogP contribution is 2.36. The van der Waals surface area contributed by atoms with E-state index in [1.165, 1.54) is 0 Å². The number of aromatic nitrogens is 3. The molecule has 24 heavy (non-hydrogen) atoms. The molecule has 4 heterocycles. The number of amides is 1. The maximum atomic E-state index is 12.3. The normalized spacial score (nSPS) is 25.5. The predicted octanol–water partition coefficient (Wildman–Crippen LogP) is 1.35. The van der Waals surface area contributed by atoms with Gasteiger partial charge in [-0.05, 0) is 24.1 Å². The van der Waals surface area contributed by atoms with E-state index in [1.54, 1.807) is 30.9 Å². The van der Waals surface area contributed by atoms with Gasteiger partial charge in [-0.25, -0.2) is 9.97 Å². The lowest BCUT2D eigenvalue weighted by Gasteiger charge is -2.19. The van der Waals surface area contributed by atoms with Gasteiger partial charge in [0, 0.05) is 44.0 Å². The van der Waals surface area contributed by atoms with Crippen LogP contribution in [0, 0.1) is 11.8 Å². The van der Waals surface area contributed by atoms with Gasteiger partial charge in [0.1, 0.15) is 0 Å². The fraction of sp³-hybridized carbons (Fsp3) is 0.412. The Balaban J connectivity index is 1.37. The molecule has 7 nitrogen and oxygen atoms in total. The summed E-state index contributed by atoms with van der Waals surface area (Å²) >= 11 is 0. The smallest absolute Gasteiger partial charge is 0.225 e. The second kappa shape index (κ2) is 6.52. The highest BCUT2D eigenvalue weighted by Gasteiger charge is 2.45. The van der Waals surface area contributed by atoms with Gasteiger partial charge in [0.05, 0.1) is 24.6 Å². The summed E-state index contributed by atoms with van der Waals surface area (Å²) in [5.74, 6) is 1.30. The summed E-state index contributed by atoms with van der Waals surface area (Å²) in [5.41, 5.74) is 0.726. The third-order valence-electron chi connectivity index (χ3n) is 4.67. The molecule has 2 fully saturated rings. The van der Waals surface area contributed by atoms with Crippen LogP contribution in [0.4, 0.5) is 11.6 Å². The minimum atomic E-state index is 0.00617. The van der Waals surface area contributed by atoms with Gasteiger partial charge in [0.2, 0.25) is 11.9 Å². The molecule has 0 spiro atoms. The van der Waals surface area contributed by atoms with Crippen LogP contribution >= 0.6 is 0 Å². The molecule has 4 rings (SSSR count). The molecule has 1 N–H and O–H groups in total. The quantitative estimate of drug-likeness (QED) is 0.914. The zero-order valence-electron chi connectivity index (χ0n) is 13.2. The molecule has 2 aromatic heterocycles. The van der Waals surface area contributed by atoms with Gasteiger partial charge in [0.25, 0.3) is 0 Å². The fourth-order valence-corrected chi connectivity index (χ4v) is 3.51. The van der Waals surface area contributed by atoms with Crippen LogP contribution in [0.3, 0.4) is 0 Å². The SMILES string of the molecule is O=C(C[C@@H]1CO[C@@H]2CN(c3ncccn3)C[C@H]12)Nc1cccnc1. The fourth-order valence-electron chi connectivity index (χ4n) is 3.51. The third kappa shape index (κ3) is 3.07. The van der Waals surface area contributed by atoms with Crippen molar-refractivity contribution in [3.8, 4) is 0 Å². The Morgan fingerprint density at radius 2 is 2.12 bits per heavy atom. The van der Waals surface area contributed by atoms with E-state index in [-0.39, 0.29) is 17.9 Å². The van der Waals surface area contributed by atoms with Crippen molar-refractivity contribution in [2.45, 2.75) is 12.5 Å². The standard InChI is InChI=1S/C17H19N5O2/c23-16(21-13-3-1-4-18-8-13)7-12-11-24-15-10-22(9-14(12)15)17-19-5-2-6-20-17/h1-6,8,12,14-15H,7,9-11H2,(H,21,23)/t12-,14-,15-/m1/s1. The van der Waals surface area contributed by atoms with Crippen LogP contribution in [0.25, 0.3) is 0 Å². The van der Waals surface area contributed by atoms with Gasteiger partial charge >= 0.3 is 0 Å². The number of ether oxygens (including phenoxy) is 1. The average molecular weight is 325 g/mol. The molecule has 0 unspecified atom stereocenters. The number of fused-ring (bicyclic) bond motifs is 1. The van der Waals surface area contributed by atoms with Crippen molar-refractivity contribution in [2.75, 3.05) is 29.9 Å². The number of carbonyl (C=O) groups excluding carboxylic acids is 1. The number of pyridine rings is 1. The summed E-state index contributed by atoms with van der Waals surface area (Å²) in [6.07, 6.45) is 7.44. The lowest BCUT2D eigenvalue weighted by Crippen LogP contribution is -2.27. The van der Waals surface area contributed by atoms with Crippen LogP contribution in [0.1, 0.15) is 6.42 Å². The molecular weight excluding hydrogens is 306 g/mol. The molecule has 124 valence electrons. The van der Waals surface area contributed by atoms with E-state index < -0.39 is 0 Å². The van der Waals surface area contributed by atoms with Crippen molar-refractivity contribution in [3.63, 3.8) is 0 Å². The topological polar surface area (TPSA) is 80.2 Å². The van der Waals surface area contributed by atoms with Crippen molar-refractivity contribution in [2.24, 2.45) is 11.8 Å². The van der Waals surface area contributed by atoms with Crippen molar-refractivity contribution < 1.29 is 9.53 Å². The summed E-state index contributed by atoms with van der Waals surface area (Å²) < 4.78 is 5.90.